The molecule has 1 rings (SSSR count). The first-order valence-corrected chi connectivity index (χ1v) is 7.78. The maximum atomic E-state index is 11.6. The summed E-state index contributed by atoms with van der Waals surface area (Å²) in [6.45, 7) is 4.91. The standard InChI is InChI=1S/C15H23NO2S/c1-12-3-5-14(6-4-12)10-19-11-15(18)16-9-13(2)7-8-17/h3-6,13,17H,7-11H2,1-2H3,(H,16,18). The van der Waals surface area contributed by atoms with Crippen LogP contribution in [0.1, 0.15) is 24.5 Å². The van der Waals surface area contributed by atoms with Crippen molar-refractivity contribution in [2.45, 2.75) is 26.0 Å². The minimum Gasteiger partial charge on any atom is -0.396 e. The fourth-order valence-corrected chi connectivity index (χ4v) is 2.43. The van der Waals surface area contributed by atoms with Gasteiger partial charge in [0, 0.05) is 18.9 Å². The van der Waals surface area contributed by atoms with Gasteiger partial charge in [0.1, 0.15) is 0 Å². The Morgan fingerprint density at radius 3 is 2.68 bits per heavy atom. The van der Waals surface area contributed by atoms with E-state index in [2.05, 4.69) is 36.5 Å². The molecule has 0 aromatic heterocycles. The molecular weight excluding hydrogens is 258 g/mol. The summed E-state index contributed by atoms with van der Waals surface area (Å²) in [7, 11) is 0. The molecule has 1 aromatic rings. The number of rotatable bonds is 8. The summed E-state index contributed by atoms with van der Waals surface area (Å²) >= 11 is 1.62. The normalized spacial score (nSPS) is 12.2. The van der Waals surface area contributed by atoms with Gasteiger partial charge in [0.2, 0.25) is 5.91 Å². The molecule has 0 saturated heterocycles. The third-order valence-corrected chi connectivity index (χ3v) is 3.90. The van der Waals surface area contributed by atoms with Crippen molar-refractivity contribution in [1.29, 1.82) is 0 Å². The first kappa shape index (κ1) is 16.1. The van der Waals surface area contributed by atoms with Crippen molar-refractivity contribution in [3.8, 4) is 0 Å². The average Bonchev–Trinajstić information content (AvgIpc) is 2.39. The molecule has 0 saturated carbocycles. The number of amides is 1. The summed E-state index contributed by atoms with van der Waals surface area (Å²) < 4.78 is 0. The Hall–Kier alpha value is -1.00. The van der Waals surface area contributed by atoms with E-state index in [0.717, 1.165) is 12.2 Å². The van der Waals surface area contributed by atoms with E-state index in [4.69, 9.17) is 5.11 Å². The van der Waals surface area contributed by atoms with E-state index in [-0.39, 0.29) is 12.5 Å². The van der Waals surface area contributed by atoms with Gasteiger partial charge in [0.15, 0.2) is 0 Å². The SMILES string of the molecule is Cc1ccc(CSCC(=O)NCC(C)CCO)cc1. The van der Waals surface area contributed by atoms with Crippen molar-refractivity contribution in [2.75, 3.05) is 18.9 Å². The predicted molar refractivity (Wildman–Crippen MR) is 81.2 cm³/mol. The van der Waals surface area contributed by atoms with E-state index < -0.39 is 0 Å². The Kier molecular flexibility index (Phi) is 7.60. The maximum Gasteiger partial charge on any atom is 0.230 e. The van der Waals surface area contributed by atoms with Crippen LogP contribution in [0.4, 0.5) is 0 Å². The van der Waals surface area contributed by atoms with Gasteiger partial charge in [-0.3, -0.25) is 4.79 Å². The zero-order valence-corrected chi connectivity index (χ0v) is 12.5. The van der Waals surface area contributed by atoms with Crippen molar-refractivity contribution < 1.29 is 9.90 Å². The van der Waals surface area contributed by atoms with E-state index in [1.54, 1.807) is 11.8 Å². The fourth-order valence-electron chi connectivity index (χ4n) is 1.61. The lowest BCUT2D eigenvalue weighted by atomic mass is 10.1. The average molecular weight is 281 g/mol. The molecule has 1 unspecified atom stereocenters. The molecule has 106 valence electrons. The molecule has 0 aliphatic carbocycles. The molecule has 0 bridgehead atoms. The molecule has 0 fully saturated rings. The number of nitrogens with one attached hydrogen (secondary N) is 1. The Balaban J connectivity index is 2.15. The minimum atomic E-state index is 0.0712. The number of carbonyl (C=O) groups is 1. The summed E-state index contributed by atoms with van der Waals surface area (Å²) in [5.41, 5.74) is 2.50. The van der Waals surface area contributed by atoms with Gasteiger partial charge < -0.3 is 10.4 Å². The van der Waals surface area contributed by atoms with Crippen LogP contribution in [0.15, 0.2) is 24.3 Å². The highest BCUT2D eigenvalue weighted by Gasteiger charge is 2.05. The van der Waals surface area contributed by atoms with Gasteiger partial charge in [0.25, 0.3) is 0 Å². The molecule has 1 amide bonds. The third-order valence-electron chi connectivity index (χ3n) is 2.89. The number of benzene rings is 1. The Labute approximate surface area is 119 Å². The molecule has 0 aliphatic rings. The van der Waals surface area contributed by atoms with Crippen LogP contribution in [-0.4, -0.2) is 29.9 Å². The highest BCUT2D eigenvalue weighted by Crippen LogP contribution is 2.12. The zero-order valence-electron chi connectivity index (χ0n) is 11.7. The molecule has 0 aliphatic heterocycles. The minimum absolute atomic E-state index is 0.0712. The highest BCUT2D eigenvalue weighted by molar-refractivity contribution is 7.99. The van der Waals surface area contributed by atoms with Gasteiger partial charge in [-0.15, -0.1) is 11.8 Å². The van der Waals surface area contributed by atoms with E-state index >= 15 is 0 Å². The van der Waals surface area contributed by atoms with Crippen LogP contribution in [0.5, 0.6) is 0 Å². The van der Waals surface area contributed by atoms with Crippen molar-refractivity contribution in [2.24, 2.45) is 5.92 Å². The van der Waals surface area contributed by atoms with Crippen LogP contribution >= 0.6 is 11.8 Å². The third kappa shape index (κ3) is 7.23. The largest absolute Gasteiger partial charge is 0.396 e. The number of aliphatic hydroxyl groups excluding tert-OH is 1. The van der Waals surface area contributed by atoms with Crippen LogP contribution in [-0.2, 0) is 10.5 Å². The molecule has 0 radical (unpaired) electrons. The van der Waals surface area contributed by atoms with E-state index in [1.165, 1.54) is 11.1 Å². The van der Waals surface area contributed by atoms with Crippen molar-refractivity contribution >= 4 is 17.7 Å². The molecule has 1 atom stereocenters. The molecular formula is C15H23NO2S. The molecule has 2 N–H and O–H groups in total. The summed E-state index contributed by atoms with van der Waals surface area (Å²) in [5.74, 6) is 1.75. The van der Waals surface area contributed by atoms with Crippen molar-refractivity contribution in [1.82, 2.24) is 5.32 Å². The molecule has 3 nitrogen and oxygen atoms in total. The number of hydrogen-bond donors (Lipinski definition) is 2. The number of aliphatic hydroxyl groups is 1. The number of thioether (sulfide) groups is 1. The van der Waals surface area contributed by atoms with Gasteiger partial charge in [-0.05, 0) is 24.8 Å². The van der Waals surface area contributed by atoms with Gasteiger partial charge in [-0.25, -0.2) is 0 Å². The fraction of sp³-hybridized carbons (Fsp3) is 0.533. The summed E-state index contributed by atoms with van der Waals surface area (Å²) in [5, 5.41) is 11.7. The Morgan fingerprint density at radius 1 is 1.37 bits per heavy atom. The van der Waals surface area contributed by atoms with E-state index in [1.807, 2.05) is 6.92 Å². The molecule has 0 heterocycles. The lowest BCUT2D eigenvalue weighted by molar-refractivity contribution is -0.118. The lowest BCUT2D eigenvalue weighted by Gasteiger charge is -2.10. The van der Waals surface area contributed by atoms with E-state index in [0.29, 0.717) is 18.2 Å². The molecule has 0 spiro atoms. The van der Waals surface area contributed by atoms with Crippen LogP contribution < -0.4 is 5.32 Å². The summed E-state index contributed by atoms with van der Waals surface area (Å²) in [4.78, 5) is 11.6. The second-order valence-corrected chi connectivity index (χ2v) is 5.89. The van der Waals surface area contributed by atoms with Gasteiger partial charge in [0.05, 0.1) is 5.75 Å². The second-order valence-electron chi connectivity index (χ2n) is 4.90. The van der Waals surface area contributed by atoms with E-state index in [9.17, 15) is 4.79 Å². The second kappa shape index (κ2) is 8.99. The van der Waals surface area contributed by atoms with Crippen molar-refractivity contribution in [3.63, 3.8) is 0 Å². The van der Waals surface area contributed by atoms with Crippen LogP contribution in [0.25, 0.3) is 0 Å². The smallest absolute Gasteiger partial charge is 0.230 e. The van der Waals surface area contributed by atoms with Crippen LogP contribution in [0, 0.1) is 12.8 Å². The van der Waals surface area contributed by atoms with Crippen molar-refractivity contribution in [3.05, 3.63) is 35.4 Å². The number of hydrogen-bond acceptors (Lipinski definition) is 3. The first-order chi connectivity index (χ1) is 9.11. The monoisotopic (exact) mass is 281 g/mol. The molecule has 19 heavy (non-hydrogen) atoms. The summed E-state index contributed by atoms with van der Waals surface area (Å²) in [6, 6.07) is 8.38. The Bertz CT molecular complexity index is 378. The topological polar surface area (TPSA) is 49.3 Å². The van der Waals surface area contributed by atoms with Gasteiger partial charge in [-0.1, -0.05) is 36.8 Å². The zero-order chi connectivity index (χ0) is 14.1. The van der Waals surface area contributed by atoms with Gasteiger partial charge in [-0.2, -0.15) is 0 Å². The van der Waals surface area contributed by atoms with Gasteiger partial charge >= 0.3 is 0 Å². The molecule has 1 aromatic carbocycles. The first-order valence-electron chi connectivity index (χ1n) is 6.62. The van der Waals surface area contributed by atoms with Crippen LogP contribution in [0.2, 0.25) is 0 Å². The number of carbonyl (C=O) groups excluding carboxylic acids is 1. The summed E-state index contributed by atoms with van der Waals surface area (Å²) in [6.07, 6.45) is 0.733. The predicted octanol–water partition coefficient (Wildman–Crippen LogP) is 2.36. The molecule has 4 heteroatoms. The maximum absolute atomic E-state index is 11.6. The highest BCUT2D eigenvalue weighted by atomic mass is 32.2. The van der Waals surface area contributed by atoms with Crippen LogP contribution in [0.3, 0.4) is 0 Å². The lowest BCUT2D eigenvalue weighted by Crippen LogP contribution is -2.30. The quantitative estimate of drug-likeness (QED) is 0.769. The number of aryl methyl sites for hydroxylation is 1. The Morgan fingerprint density at radius 2 is 2.05 bits per heavy atom.